The molecule has 0 radical (unpaired) electrons. The largest absolute Gasteiger partial charge is 0.434 e. The van der Waals surface area contributed by atoms with Crippen LogP contribution in [0, 0.1) is 0 Å². The molecule has 7 heteroatoms. The summed E-state index contributed by atoms with van der Waals surface area (Å²) in [5.74, 6) is -0.467. The number of rotatable bonds is 5. The van der Waals surface area contributed by atoms with E-state index >= 15 is 0 Å². The topological polar surface area (TPSA) is 38.3 Å². The number of carbonyl (C=O) groups is 1. The SMILES string of the molecule is O=C(/C=C/c1cc(Br)ccc1OC(F)F)Nc1ccccc1Cl. The molecule has 2 aromatic rings. The molecule has 0 aliphatic rings. The number of hydrogen-bond acceptors (Lipinski definition) is 2. The van der Waals surface area contributed by atoms with E-state index < -0.39 is 12.5 Å². The minimum Gasteiger partial charge on any atom is -0.434 e. The summed E-state index contributed by atoms with van der Waals surface area (Å²) in [6.45, 7) is -2.94. The van der Waals surface area contributed by atoms with Crippen molar-refractivity contribution in [3.8, 4) is 5.75 Å². The molecule has 0 aliphatic carbocycles. The van der Waals surface area contributed by atoms with Gasteiger partial charge in [-0.2, -0.15) is 8.78 Å². The molecular formula is C16H11BrClF2NO2. The quantitative estimate of drug-likeness (QED) is 0.684. The first kappa shape index (κ1) is 17.4. The zero-order valence-electron chi connectivity index (χ0n) is 11.6. The number of para-hydroxylation sites is 1. The van der Waals surface area contributed by atoms with Crippen molar-refractivity contribution in [1.29, 1.82) is 0 Å². The molecule has 2 rings (SSSR count). The molecule has 0 aliphatic heterocycles. The fourth-order valence-electron chi connectivity index (χ4n) is 1.76. The van der Waals surface area contributed by atoms with Crippen molar-refractivity contribution in [2.75, 3.05) is 5.32 Å². The van der Waals surface area contributed by atoms with Crippen LogP contribution in [-0.2, 0) is 4.79 Å². The number of halogens is 4. The molecule has 0 spiro atoms. The van der Waals surface area contributed by atoms with Crippen LogP contribution in [0.15, 0.2) is 53.0 Å². The second-order valence-electron chi connectivity index (χ2n) is 4.36. The van der Waals surface area contributed by atoms with Gasteiger partial charge in [0, 0.05) is 16.1 Å². The summed E-state index contributed by atoms with van der Waals surface area (Å²) < 4.78 is 29.8. The van der Waals surface area contributed by atoms with E-state index in [9.17, 15) is 13.6 Å². The highest BCUT2D eigenvalue weighted by Gasteiger charge is 2.09. The van der Waals surface area contributed by atoms with Crippen molar-refractivity contribution in [2.45, 2.75) is 6.61 Å². The standard InChI is InChI=1S/C16H11BrClF2NO2/c17-11-6-7-14(23-16(19)20)10(9-11)5-8-15(22)21-13-4-2-1-3-12(13)18/h1-9,16H,(H,21,22)/b8-5+. The summed E-state index contributed by atoms with van der Waals surface area (Å²) in [5.41, 5.74) is 0.802. The van der Waals surface area contributed by atoms with Gasteiger partial charge in [0.25, 0.3) is 0 Å². The second-order valence-corrected chi connectivity index (χ2v) is 5.69. The van der Waals surface area contributed by atoms with Crippen LogP contribution in [0.5, 0.6) is 5.75 Å². The van der Waals surface area contributed by atoms with E-state index in [1.807, 2.05) is 0 Å². The first-order chi connectivity index (χ1) is 11.0. The third-order valence-electron chi connectivity index (χ3n) is 2.73. The van der Waals surface area contributed by atoms with Crippen molar-refractivity contribution >= 4 is 45.2 Å². The Labute approximate surface area is 145 Å². The number of carbonyl (C=O) groups excluding carboxylic acids is 1. The van der Waals surface area contributed by atoms with Crippen molar-refractivity contribution < 1.29 is 18.3 Å². The Morgan fingerprint density at radius 3 is 2.70 bits per heavy atom. The lowest BCUT2D eigenvalue weighted by Crippen LogP contribution is -2.08. The molecular weight excluding hydrogens is 392 g/mol. The van der Waals surface area contributed by atoms with Crippen molar-refractivity contribution in [3.05, 3.63) is 63.6 Å². The summed E-state index contributed by atoms with van der Waals surface area (Å²) in [6, 6.07) is 11.3. The fourth-order valence-corrected chi connectivity index (χ4v) is 2.32. The first-order valence-corrected chi connectivity index (χ1v) is 7.61. The molecule has 2 aromatic carbocycles. The van der Waals surface area contributed by atoms with E-state index in [0.29, 0.717) is 20.7 Å². The highest BCUT2D eigenvalue weighted by molar-refractivity contribution is 9.10. The van der Waals surface area contributed by atoms with Gasteiger partial charge in [-0.25, -0.2) is 0 Å². The van der Waals surface area contributed by atoms with Crippen molar-refractivity contribution in [1.82, 2.24) is 0 Å². The zero-order chi connectivity index (χ0) is 16.8. The van der Waals surface area contributed by atoms with Crippen LogP contribution in [0.4, 0.5) is 14.5 Å². The Balaban J connectivity index is 2.14. The van der Waals surface area contributed by atoms with Crippen LogP contribution in [0.2, 0.25) is 5.02 Å². The molecule has 0 saturated carbocycles. The number of amides is 1. The average molecular weight is 403 g/mol. The highest BCUT2D eigenvalue weighted by atomic mass is 79.9. The molecule has 0 unspecified atom stereocenters. The Hall–Kier alpha value is -1.92. The molecule has 1 amide bonds. The highest BCUT2D eigenvalue weighted by Crippen LogP contribution is 2.26. The Morgan fingerprint density at radius 1 is 1.26 bits per heavy atom. The zero-order valence-corrected chi connectivity index (χ0v) is 13.9. The fraction of sp³-hybridized carbons (Fsp3) is 0.0625. The van der Waals surface area contributed by atoms with Crippen LogP contribution in [-0.4, -0.2) is 12.5 Å². The molecule has 0 aromatic heterocycles. The van der Waals surface area contributed by atoms with Gasteiger partial charge in [-0.1, -0.05) is 39.7 Å². The smallest absolute Gasteiger partial charge is 0.387 e. The third-order valence-corrected chi connectivity index (χ3v) is 3.56. The van der Waals surface area contributed by atoms with Gasteiger partial charge in [0.1, 0.15) is 5.75 Å². The third kappa shape index (κ3) is 5.33. The average Bonchev–Trinajstić information content (AvgIpc) is 2.49. The lowest BCUT2D eigenvalue weighted by atomic mass is 10.2. The number of benzene rings is 2. The van der Waals surface area contributed by atoms with Gasteiger partial charge >= 0.3 is 6.61 Å². The van der Waals surface area contributed by atoms with E-state index in [2.05, 4.69) is 26.0 Å². The number of hydrogen-bond donors (Lipinski definition) is 1. The normalized spacial score (nSPS) is 11.0. The van der Waals surface area contributed by atoms with Crippen LogP contribution in [0.3, 0.4) is 0 Å². The molecule has 0 saturated heterocycles. The van der Waals surface area contributed by atoms with E-state index in [-0.39, 0.29) is 5.75 Å². The second kappa shape index (κ2) is 8.08. The molecule has 23 heavy (non-hydrogen) atoms. The summed E-state index contributed by atoms with van der Waals surface area (Å²) >= 11 is 9.18. The van der Waals surface area contributed by atoms with Crippen LogP contribution >= 0.6 is 27.5 Å². The van der Waals surface area contributed by atoms with Gasteiger partial charge in [-0.3, -0.25) is 4.79 Å². The van der Waals surface area contributed by atoms with Gasteiger partial charge in [0.05, 0.1) is 10.7 Å². The number of nitrogens with one attached hydrogen (secondary N) is 1. The minimum absolute atomic E-state index is 0.0232. The van der Waals surface area contributed by atoms with Gasteiger partial charge in [0.2, 0.25) is 5.91 Å². The van der Waals surface area contributed by atoms with Crippen LogP contribution in [0.1, 0.15) is 5.56 Å². The minimum atomic E-state index is -2.94. The summed E-state index contributed by atoms with van der Waals surface area (Å²) in [6.07, 6.45) is 2.60. The number of ether oxygens (including phenoxy) is 1. The maximum atomic E-state index is 12.4. The van der Waals surface area contributed by atoms with Gasteiger partial charge in [-0.15, -0.1) is 0 Å². The lowest BCUT2D eigenvalue weighted by Gasteiger charge is -2.08. The molecule has 0 fully saturated rings. The molecule has 0 atom stereocenters. The van der Waals surface area contributed by atoms with Gasteiger partial charge in [-0.05, 0) is 36.4 Å². The predicted molar refractivity (Wildman–Crippen MR) is 89.9 cm³/mol. The monoisotopic (exact) mass is 401 g/mol. The van der Waals surface area contributed by atoms with Crippen molar-refractivity contribution in [3.63, 3.8) is 0 Å². The predicted octanol–water partition coefficient (Wildman–Crippen LogP) is 5.36. The summed E-state index contributed by atoms with van der Waals surface area (Å²) in [4.78, 5) is 11.9. The van der Waals surface area contributed by atoms with Crippen LogP contribution in [0.25, 0.3) is 6.08 Å². The van der Waals surface area contributed by atoms with E-state index in [4.69, 9.17) is 11.6 Å². The van der Waals surface area contributed by atoms with Crippen LogP contribution < -0.4 is 10.1 Å². The summed E-state index contributed by atoms with van der Waals surface area (Å²) in [7, 11) is 0. The number of alkyl halides is 2. The van der Waals surface area contributed by atoms with Gasteiger partial charge < -0.3 is 10.1 Å². The molecule has 3 nitrogen and oxygen atoms in total. The van der Waals surface area contributed by atoms with Crippen molar-refractivity contribution in [2.24, 2.45) is 0 Å². The molecule has 0 heterocycles. The van der Waals surface area contributed by atoms with Gasteiger partial charge in [0.15, 0.2) is 0 Å². The van der Waals surface area contributed by atoms with E-state index in [1.54, 1.807) is 36.4 Å². The van der Waals surface area contributed by atoms with E-state index in [1.165, 1.54) is 18.2 Å². The maximum Gasteiger partial charge on any atom is 0.387 e. The molecule has 120 valence electrons. The summed E-state index contributed by atoms with van der Waals surface area (Å²) in [5, 5.41) is 3.00. The maximum absolute atomic E-state index is 12.4. The Morgan fingerprint density at radius 2 is 2.00 bits per heavy atom. The first-order valence-electron chi connectivity index (χ1n) is 6.43. The van der Waals surface area contributed by atoms with E-state index in [0.717, 1.165) is 0 Å². The number of anilines is 1. The Kier molecular flexibility index (Phi) is 6.12. The lowest BCUT2D eigenvalue weighted by molar-refractivity contribution is -0.111. The molecule has 1 N–H and O–H groups in total. The Bertz CT molecular complexity index is 738. The molecule has 0 bridgehead atoms.